The number of carbonyl (C=O) groups excluding carboxylic acids is 3. The molecule has 0 aliphatic carbocycles. The molecule has 2 heterocycles. The first-order chi connectivity index (χ1) is 15.5. The van der Waals surface area contributed by atoms with E-state index in [9.17, 15) is 18.8 Å². The maximum absolute atomic E-state index is 14.0. The monoisotopic (exact) mass is 437 g/mol. The number of amides is 3. The zero-order valence-corrected chi connectivity index (χ0v) is 18.1. The van der Waals surface area contributed by atoms with Crippen molar-refractivity contribution >= 4 is 17.7 Å². The second-order valence-corrected chi connectivity index (χ2v) is 8.43. The normalized spacial score (nSPS) is 19.2. The van der Waals surface area contributed by atoms with Gasteiger partial charge in [-0.2, -0.15) is 0 Å². The van der Waals surface area contributed by atoms with E-state index >= 15 is 0 Å². The van der Waals surface area contributed by atoms with E-state index < -0.39 is 5.82 Å². The predicted molar refractivity (Wildman–Crippen MR) is 118 cm³/mol. The Morgan fingerprint density at radius 3 is 2.38 bits per heavy atom. The van der Waals surface area contributed by atoms with Gasteiger partial charge < -0.3 is 14.7 Å². The van der Waals surface area contributed by atoms with Crippen LogP contribution < -0.4 is 0 Å². The van der Waals surface area contributed by atoms with E-state index in [-0.39, 0.29) is 35.6 Å². The van der Waals surface area contributed by atoms with Gasteiger partial charge in [0.2, 0.25) is 11.8 Å². The molecular weight excluding hydrogens is 409 g/mol. The summed E-state index contributed by atoms with van der Waals surface area (Å²) in [6.45, 7) is 2.82. The maximum atomic E-state index is 14.0. The molecule has 2 aliphatic rings. The zero-order valence-electron chi connectivity index (χ0n) is 18.1. The van der Waals surface area contributed by atoms with Crippen LogP contribution in [0.4, 0.5) is 4.39 Å². The first-order valence-electron chi connectivity index (χ1n) is 11.2. The number of halogens is 1. The predicted octanol–water partition coefficient (Wildman–Crippen LogP) is 2.59. The van der Waals surface area contributed by atoms with Crippen LogP contribution in [-0.2, 0) is 16.0 Å². The molecular formula is C25H28FN3O3. The van der Waals surface area contributed by atoms with Crippen LogP contribution in [0.5, 0.6) is 0 Å². The van der Waals surface area contributed by atoms with Crippen LogP contribution in [0.25, 0.3) is 0 Å². The lowest BCUT2D eigenvalue weighted by atomic mass is 10.1. The second kappa shape index (κ2) is 9.94. The molecule has 0 saturated carbocycles. The molecule has 6 nitrogen and oxygen atoms in total. The molecule has 3 amide bonds. The summed E-state index contributed by atoms with van der Waals surface area (Å²) in [7, 11) is 0. The van der Waals surface area contributed by atoms with Crippen LogP contribution in [0.3, 0.4) is 0 Å². The van der Waals surface area contributed by atoms with Crippen molar-refractivity contribution in [2.75, 3.05) is 39.3 Å². The first kappa shape index (κ1) is 22.0. The highest BCUT2D eigenvalue weighted by Crippen LogP contribution is 2.22. The Balaban J connectivity index is 1.31. The van der Waals surface area contributed by atoms with Crippen LogP contribution in [0.1, 0.15) is 28.8 Å². The van der Waals surface area contributed by atoms with Crippen molar-refractivity contribution < 1.29 is 18.8 Å². The smallest absolute Gasteiger partial charge is 0.256 e. The Morgan fingerprint density at radius 2 is 1.59 bits per heavy atom. The van der Waals surface area contributed by atoms with Gasteiger partial charge in [0, 0.05) is 45.7 Å². The minimum Gasteiger partial charge on any atom is -0.342 e. The zero-order chi connectivity index (χ0) is 22.5. The molecule has 1 unspecified atom stereocenters. The molecule has 2 saturated heterocycles. The maximum Gasteiger partial charge on any atom is 0.256 e. The number of likely N-dealkylation sites (tertiary alicyclic amines) is 1. The second-order valence-electron chi connectivity index (χ2n) is 8.43. The molecule has 32 heavy (non-hydrogen) atoms. The highest BCUT2D eigenvalue weighted by molar-refractivity contribution is 5.94. The number of benzene rings is 2. The quantitative estimate of drug-likeness (QED) is 0.723. The number of hydrogen-bond donors (Lipinski definition) is 0. The lowest BCUT2D eigenvalue weighted by Gasteiger charge is -2.25. The average Bonchev–Trinajstić information content (AvgIpc) is 3.02. The van der Waals surface area contributed by atoms with Gasteiger partial charge in [-0.3, -0.25) is 14.4 Å². The fourth-order valence-corrected chi connectivity index (χ4v) is 4.47. The molecule has 2 aromatic rings. The molecule has 2 aromatic carbocycles. The third kappa shape index (κ3) is 4.98. The van der Waals surface area contributed by atoms with Crippen LogP contribution in [0.2, 0.25) is 0 Å². The van der Waals surface area contributed by atoms with Gasteiger partial charge in [-0.25, -0.2) is 4.39 Å². The highest BCUT2D eigenvalue weighted by atomic mass is 19.1. The van der Waals surface area contributed by atoms with E-state index in [0.717, 1.165) is 6.42 Å². The van der Waals surface area contributed by atoms with Crippen molar-refractivity contribution in [1.29, 1.82) is 0 Å². The fraction of sp³-hybridized carbons (Fsp3) is 0.400. The molecule has 168 valence electrons. The summed E-state index contributed by atoms with van der Waals surface area (Å²) in [5, 5.41) is 0. The van der Waals surface area contributed by atoms with Gasteiger partial charge in [-0.1, -0.05) is 42.5 Å². The van der Waals surface area contributed by atoms with Gasteiger partial charge in [0.15, 0.2) is 0 Å². The lowest BCUT2D eigenvalue weighted by molar-refractivity contribution is -0.135. The number of carbonyl (C=O) groups is 3. The van der Waals surface area contributed by atoms with Gasteiger partial charge in [-0.15, -0.1) is 0 Å². The number of rotatable bonds is 5. The summed E-state index contributed by atoms with van der Waals surface area (Å²) in [4.78, 5) is 43.4. The molecule has 0 radical (unpaired) electrons. The Morgan fingerprint density at radius 1 is 0.906 bits per heavy atom. The Kier molecular flexibility index (Phi) is 6.83. The van der Waals surface area contributed by atoms with E-state index in [1.807, 2.05) is 30.3 Å². The van der Waals surface area contributed by atoms with Gasteiger partial charge in [0.1, 0.15) is 5.82 Å². The molecule has 0 aromatic heterocycles. The molecule has 7 heteroatoms. The summed E-state index contributed by atoms with van der Waals surface area (Å²) in [6.07, 6.45) is 1.64. The third-order valence-corrected chi connectivity index (χ3v) is 6.28. The van der Waals surface area contributed by atoms with Crippen LogP contribution in [-0.4, -0.2) is 71.7 Å². The molecule has 0 bridgehead atoms. The summed E-state index contributed by atoms with van der Waals surface area (Å²) < 4.78 is 14.0. The first-order valence-corrected chi connectivity index (χ1v) is 11.2. The molecule has 1 atom stereocenters. The van der Waals surface area contributed by atoms with E-state index in [1.165, 1.54) is 17.7 Å². The summed E-state index contributed by atoms with van der Waals surface area (Å²) in [5.74, 6) is -1.23. The van der Waals surface area contributed by atoms with Crippen molar-refractivity contribution in [1.82, 2.24) is 14.7 Å². The van der Waals surface area contributed by atoms with Gasteiger partial charge >= 0.3 is 0 Å². The van der Waals surface area contributed by atoms with E-state index in [1.54, 1.807) is 26.8 Å². The van der Waals surface area contributed by atoms with Crippen molar-refractivity contribution in [3.63, 3.8) is 0 Å². The van der Waals surface area contributed by atoms with Crippen LogP contribution in [0, 0.1) is 11.7 Å². The highest BCUT2D eigenvalue weighted by Gasteiger charge is 2.37. The van der Waals surface area contributed by atoms with Gasteiger partial charge in [0.05, 0.1) is 11.5 Å². The Hall–Kier alpha value is -3.22. The molecule has 4 rings (SSSR count). The van der Waals surface area contributed by atoms with Crippen molar-refractivity contribution in [2.24, 2.45) is 5.92 Å². The van der Waals surface area contributed by atoms with Gasteiger partial charge in [-0.05, 0) is 30.5 Å². The SMILES string of the molecule is O=C1CC(C(=O)N2CCCN(C(=O)c3ccccc3F)CC2)CN1CCc1ccccc1. The summed E-state index contributed by atoms with van der Waals surface area (Å²) in [5.41, 5.74) is 1.23. The van der Waals surface area contributed by atoms with Gasteiger partial charge in [0.25, 0.3) is 5.91 Å². The molecule has 2 aliphatic heterocycles. The van der Waals surface area contributed by atoms with Crippen LogP contribution in [0.15, 0.2) is 54.6 Å². The van der Waals surface area contributed by atoms with Crippen LogP contribution >= 0.6 is 0 Å². The average molecular weight is 438 g/mol. The number of nitrogens with zero attached hydrogens (tertiary/aromatic N) is 3. The summed E-state index contributed by atoms with van der Waals surface area (Å²) in [6, 6.07) is 16.0. The number of hydrogen-bond acceptors (Lipinski definition) is 3. The minimum atomic E-state index is -0.533. The van der Waals surface area contributed by atoms with Crippen molar-refractivity contribution in [3.05, 3.63) is 71.5 Å². The molecule has 0 spiro atoms. The van der Waals surface area contributed by atoms with E-state index in [0.29, 0.717) is 45.7 Å². The Labute approximate surface area is 187 Å². The third-order valence-electron chi connectivity index (χ3n) is 6.28. The largest absolute Gasteiger partial charge is 0.342 e. The van der Waals surface area contributed by atoms with E-state index in [4.69, 9.17) is 0 Å². The summed E-state index contributed by atoms with van der Waals surface area (Å²) >= 11 is 0. The van der Waals surface area contributed by atoms with Crippen molar-refractivity contribution in [3.8, 4) is 0 Å². The van der Waals surface area contributed by atoms with E-state index in [2.05, 4.69) is 0 Å². The molecule has 0 N–H and O–H groups in total. The van der Waals surface area contributed by atoms with Crippen molar-refractivity contribution in [2.45, 2.75) is 19.3 Å². The lowest BCUT2D eigenvalue weighted by Crippen LogP contribution is -2.41. The minimum absolute atomic E-state index is 0.0189. The Bertz CT molecular complexity index is 981. The molecule has 2 fully saturated rings. The topological polar surface area (TPSA) is 60.9 Å². The standard InChI is InChI=1S/C25H28FN3O3/c26-22-10-5-4-9-21(22)25(32)28-13-6-12-27(15-16-28)24(31)20-17-23(30)29(18-20)14-11-19-7-2-1-3-8-19/h1-5,7-10,20H,6,11-18H2. The fourth-order valence-electron chi connectivity index (χ4n) is 4.47.